The summed E-state index contributed by atoms with van der Waals surface area (Å²) in [5.74, 6) is 0.744. The quantitative estimate of drug-likeness (QED) is 0.745. The van der Waals surface area contributed by atoms with E-state index in [9.17, 15) is 8.42 Å². The first kappa shape index (κ1) is 21.0. The number of nitrogens with zero attached hydrogens (tertiary/aromatic N) is 3. The molecule has 28 heavy (non-hydrogen) atoms. The van der Waals surface area contributed by atoms with Crippen molar-refractivity contribution in [2.75, 3.05) is 45.5 Å². The molecule has 4 atom stereocenters. The van der Waals surface area contributed by atoms with Gasteiger partial charge in [-0.15, -0.1) is 0 Å². The van der Waals surface area contributed by atoms with Crippen molar-refractivity contribution < 1.29 is 8.42 Å². The molecule has 4 fully saturated rings. The second-order valence-corrected chi connectivity index (χ2v) is 12.4. The Kier molecular flexibility index (Phi) is 5.62. The Morgan fingerprint density at radius 2 is 1.79 bits per heavy atom. The second kappa shape index (κ2) is 7.49. The summed E-state index contributed by atoms with van der Waals surface area (Å²) in [6.45, 7) is 13.2. The summed E-state index contributed by atoms with van der Waals surface area (Å²) >= 11 is 0. The van der Waals surface area contributed by atoms with Crippen molar-refractivity contribution in [3.63, 3.8) is 0 Å². The van der Waals surface area contributed by atoms with Gasteiger partial charge in [-0.1, -0.05) is 0 Å². The lowest BCUT2D eigenvalue weighted by Gasteiger charge is -2.35. The van der Waals surface area contributed by atoms with Crippen LogP contribution in [-0.4, -0.2) is 91.2 Å². The molecule has 0 aromatic heterocycles. The minimum Gasteiger partial charge on any atom is -0.310 e. The Morgan fingerprint density at radius 1 is 1.04 bits per heavy atom. The molecule has 2 spiro atoms. The van der Waals surface area contributed by atoms with E-state index in [2.05, 4.69) is 35.9 Å². The zero-order chi connectivity index (χ0) is 20.2. The highest BCUT2D eigenvalue weighted by atomic mass is 32.2. The van der Waals surface area contributed by atoms with E-state index in [4.69, 9.17) is 0 Å². The third-order valence-electron chi connectivity index (χ3n) is 8.15. The van der Waals surface area contributed by atoms with E-state index in [0.717, 1.165) is 44.8 Å². The van der Waals surface area contributed by atoms with Gasteiger partial charge in [0.25, 0.3) is 0 Å². The molecule has 0 aromatic carbocycles. The van der Waals surface area contributed by atoms with Gasteiger partial charge in [0.2, 0.25) is 10.0 Å². The van der Waals surface area contributed by atoms with E-state index in [1.54, 1.807) is 0 Å². The van der Waals surface area contributed by atoms with Gasteiger partial charge in [-0.2, -0.15) is 4.31 Å². The summed E-state index contributed by atoms with van der Waals surface area (Å²) in [5.41, 5.74) is 0.222. The van der Waals surface area contributed by atoms with Gasteiger partial charge in [-0.05, 0) is 71.8 Å². The van der Waals surface area contributed by atoms with E-state index in [0.29, 0.717) is 24.2 Å². The summed E-state index contributed by atoms with van der Waals surface area (Å²) in [7, 11) is -3.10. The maximum atomic E-state index is 12.3. The fourth-order valence-electron chi connectivity index (χ4n) is 6.61. The molecule has 0 aliphatic carbocycles. The number of sulfonamides is 1. The first-order valence-electron chi connectivity index (χ1n) is 11.3. The van der Waals surface area contributed by atoms with Crippen molar-refractivity contribution >= 4 is 10.0 Å². The Hall–Kier alpha value is -0.210. The summed E-state index contributed by atoms with van der Waals surface area (Å²) in [5, 5.41) is 3.89. The summed E-state index contributed by atoms with van der Waals surface area (Å²) < 4.78 is 26.3. The van der Waals surface area contributed by atoms with Crippen molar-refractivity contribution in [3.8, 4) is 0 Å². The molecule has 4 heterocycles. The molecule has 4 saturated heterocycles. The number of rotatable bonds is 5. The van der Waals surface area contributed by atoms with Gasteiger partial charge < -0.3 is 5.32 Å². The van der Waals surface area contributed by atoms with Crippen LogP contribution in [0.15, 0.2) is 0 Å². The van der Waals surface area contributed by atoms with Crippen LogP contribution in [0.1, 0.15) is 59.3 Å². The number of likely N-dealkylation sites (tertiary alicyclic amines) is 2. The highest BCUT2D eigenvalue weighted by molar-refractivity contribution is 7.88. The van der Waals surface area contributed by atoms with E-state index in [1.165, 1.54) is 38.6 Å². The van der Waals surface area contributed by atoms with E-state index >= 15 is 0 Å². The second-order valence-electron chi connectivity index (χ2n) is 10.5. The van der Waals surface area contributed by atoms with Crippen LogP contribution in [-0.2, 0) is 10.0 Å². The van der Waals surface area contributed by atoms with Gasteiger partial charge in [-0.25, -0.2) is 8.42 Å². The van der Waals surface area contributed by atoms with Crippen molar-refractivity contribution in [3.05, 3.63) is 0 Å². The number of hydrogen-bond acceptors (Lipinski definition) is 5. The first-order valence-corrected chi connectivity index (χ1v) is 13.2. The van der Waals surface area contributed by atoms with Crippen LogP contribution in [0.3, 0.4) is 0 Å². The lowest BCUT2D eigenvalue weighted by atomic mass is 9.88. The highest BCUT2D eigenvalue weighted by Crippen LogP contribution is 2.41. The Balaban J connectivity index is 1.33. The molecular weight excluding hydrogens is 372 g/mol. The van der Waals surface area contributed by atoms with Crippen molar-refractivity contribution in [2.24, 2.45) is 5.92 Å². The molecule has 4 unspecified atom stereocenters. The molecule has 4 rings (SSSR count). The standard InChI is InChI=1S/C21H40N4O2S/c1-17(2)23-10-7-20(15-23)13-19(14-22-20)12-18(3)24-11-8-21(16-24)6-5-9-25(21)28(4,26)27/h17-19,22H,5-16H2,1-4H3. The Labute approximate surface area is 172 Å². The van der Waals surface area contributed by atoms with Crippen molar-refractivity contribution in [1.82, 2.24) is 19.4 Å². The fraction of sp³-hybridized carbons (Fsp3) is 1.00. The van der Waals surface area contributed by atoms with Crippen LogP contribution >= 0.6 is 0 Å². The Bertz CT molecular complexity index is 684. The molecule has 0 aromatic rings. The van der Waals surface area contributed by atoms with Crippen molar-refractivity contribution in [1.29, 1.82) is 0 Å². The molecular formula is C21H40N4O2S. The minimum absolute atomic E-state index is 0.125. The van der Waals surface area contributed by atoms with Gasteiger partial charge in [0.15, 0.2) is 0 Å². The summed E-state index contributed by atoms with van der Waals surface area (Å²) in [6, 6.07) is 1.18. The van der Waals surface area contributed by atoms with E-state index < -0.39 is 10.0 Å². The largest absolute Gasteiger partial charge is 0.310 e. The molecule has 0 radical (unpaired) electrons. The van der Waals surface area contributed by atoms with Gasteiger partial charge >= 0.3 is 0 Å². The molecule has 0 bridgehead atoms. The van der Waals surface area contributed by atoms with Gasteiger partial charge in [0.05, 0.1) is 6.26 Å². The van der Waals surface area contributed by atoms with Crippen LogP contribution in [0, 0.1) is 5.92 Å². The normalized spacial score (nSPS) is 39.2. The first-order chi connectivity index (χ1) is 13.1. The predicted octanol–water partition coefficient (Wildman–Crippen LogP) is 1.73. The van der Waals surface area contributed by atoms with Crippen LogP contribution in [0.25, 0.3) is 0 Å². The maximum absolute atomic E-state index is 12.3. The molecule has 0 amide bonds. The van der Waals surface area contributed by atoms with Crippen molar-refractivity contribution in [2.45, 2.75) is 82.5 Å². The minimum atomic E-state index is -3.10. The smallest absolute Gasteiger partial charge is 0.211 e. The SMILES string of the molecule is CC(C)N1CCC2(CC(CC(C)N3CCC4(CCCN4S(C)(=O)=O)C3)CN2)C1. The third kappa shape index (κ3) is 3.89. The topological polar surface area (TPSA) is 55.9 Å². The van der Waals surface area contributed by atoms with Gasteiger partial charge in [0.1, 0.15) is 0 Å². The number of nitrogens with one attached hydrogen (secondary N) is 1. The molecule has 4 aliphatic heterocycles. The van der Waals surface area contributed by atoms with Crippen LogP contribution in [0.2, 0.25) is 0 Å². The molecule has 162 valence electrons. The maximum Gasteiger partial charge on any atom is 0.211 e. The molecule has 7 heteroatoms. The van der Waals surface area contributed by atoms with E-state index in [-0.39, 0.29) is 5.54 Å². The number of hydrogen-bond donors (Lipinski definition) is 1. The summed E-state index contributed by atoms with van der Waals surface area (Å²) in [6.07, 6.45) is 8.24. The summed E-state index contributed by atoms with van der Waals surface area (Å²) in [4.78, 5) is 5.19. The molecule has 0 saturated carbocycles. The lowest BCUT2D eigenvalue weighted by Crippen LogP contribution is -2.49. The zero-order valence-corrected chi connectivity index (χ0v) is 19.1. The zero-order valence-electron chi connectivity index (χ0n) is 18.3. The average Bonchev–Trinajstić information content (AvgIpc) is 3.37. The molecule has 4 aliphatic rings. The van der Waals surface area contributed by atoms with Crippen LogP contribution in [0.5, 0.6) is 0 Å². The lowest BCUT2D eigenvalue weighted by molar-refractivity contribution is 0.180. The van der Waals surface area contributed by atoms with Gasteiger partial charge in [-0.3, -0.25) is 9.80 Å². The van der Waals surface area contributed by atoms with E-state index in [1.807, 2.05) is 4.31 Å². The predicted molar refractivity (Wildman–Crippen MR) is 114 cm³/mol. The third-order valence-corrected chi connectivity index (χ3v) is 9.52. The monoisotopic (exact) mass is 412 g/mol. The average molecular weight is 413 g/mol. The van der Waals surface area contributed by atoms with Crippen LogP contribution in [0.4, 0.5) is 0 Å². The highest BCUT2D eigenvalue weighted by Gasteiger charge is 2.51. The molecule has 1 N–H and O–H groups in total. The fourth-order valence-corrected chi connectivity index (χ4v) is 8.02. The van der Waals surface area contributed by atoms with Gasteiger partial charge in [0, 0.05) is 55.9 Å². The Morgan fingerprint density at radius 3 is 2.46 bits per heavy atom. The molecule has 6 nitrogen and oxygen atoms in total. The van der Waals surface area contributed by atoms with Crippen LogP contribution < -0.4 is 5.32 Å².